The maximum Gasteiger partial charge on any atom is 0.292 e. The summed E-state index contributed by atoms with van der Waals surface area (Å²) >= 11 is 1.70. The maximum atomic E-state index is 11.1. The van der Waals surface area contributed by atoms with E-state index in [0.717, 1.165) is 18.4 Å². The lowest BCUT2D eigenvalue weighted by atomic mass is 10.1. The Morgan fingerprint density at radius 2 is 2.25 bits per heavy atom. The highest BCUT2D eigenvalue weighted by Gasteiger charge is 2.17. The average molecular weight is 298 g/mol. The summed E-state index contributed by atoms with van der Waals surface area (Å²) in [5.41, 5.74) is 1.71. The average Bonchev–Trinajstić information content (AvgIpc) is 2.43. The van der Waals surface area contributed by atoms with Crippen molar-refractivity contribution in [2.45, 2.75) is 37.7 Å². The van der Waals surface area contributed by atoms with Gasteiger partial charge >= 0.3 is 0 Å². The van der Waals surface area contributed by atoms with Gasteiger partial charge in [-0.3, -0.25) is 10.1 Å². The second-order valence-electron chi connectivity index (χ2n) is 4.63. The maximum absolute atomic E-state index is 11.1. The highest BCUT2D eigenvalue weighted by atomic mass is 32.2. The first-order valence-electron chi connectivity index (χ1n) is 6.82. The Morgan fingerprint density at radius 3 is 2.85 bits per heavy atom. The molecule has 0 fully saturated rings. The number of para-hydroxylation sites is 1. The normalized spacial score (nSPS) is 12.2. The molecule has 0 aromatic heterocycles. The summed E-state index contributed by atoms with van der Waals surface area (Å²) in [6.45, 7) is 4.97. The Hall–Kier alpha value is -1.27. The monoisotopic (exact) mass is 298 g/mol. The minimum Gasteiger partial charge on any atom is -0.396 e. The van der Waals surface area contributed by atoms with Crippen LogP contribution in [0.5, 0.6) is 0 Å². The molecular weight excluding hydrogens is 276 g/mol. The highest BCUT2D eigenvalue weighted by molar-refractivity contribution is 7.99. The van der Waals surface area contributed by atoms with Crippen molar-refractivity contribution >= 4 is 23.1 Å². The predicted molar refractivity (Wildman–Crippen MR) is 84.3 cm³/mol. The molecule has 1 atom stereocenters. The molecule has 112 valence electrons. The number of hydrogen-bond donors (Lipinski definition) is 2. The summed E-state index contributed by atoms with van der Waals surface area (Å²) in [5.74, 6) is 0.703. The first-order valence-corrected chi connectivity index (χ1v) is 7.87. The van der Waals surface area contributed by atoms with Crippen LogP contribution in [0.1, 0.15) is 32.3 Å². The molecule has 0 saturated carbocycles. The van der Waals surface area contributed by atoms with Crippen LogP contribution in [0.3, 0.4) is 0 Å². The fourth-order valence-electron chi connectivity index (χ4n) is 1.81. The molecular formula is C14H22N2O3S. The summed E-state index contributed by atoms with van der Waals surface area (Å²) < 4.78 is 0. The van der Waals surface area contributed by atoms with Gasteiger partial charge in [0, 0.05) is 30.2 Å². The summed E-state index contributed by atoms with van der Waals surface area (Å²) in [6, 6.07) is 5.18. The van der Waals surface area contributed by atoms with Crippen LogP contribution in [0.15, 0.2) is 18.2 Å². The third-order valence-corrected chi connectivity index (χ3v) is 4.22. The van der Waals surface area contributed by atoms with Crippen LogP contribution in [-0.2, 0) is 5.75 Å². The van der Waals surface area contributed by atoms with Crippen LogP contribution in [0.25, 0.3) is 0 Å². The molecule has 0 saturated heterocycles. The van der Waals surface area contributed by atoms with Crippen LogP contribution in [0, 0.1) is 10.1 Å². The largest absolute Gasteiger partial charge is 0.396 e. The van der Waals surface area contributed by atoms with E-state index in [2.05, 4.69) is 12.2 Å². The van der Waals surface area contributed by atoms with E-state index in [4.69, 9.17) is 5.11 Å². The van der Waals surface area contributed by atoms with Crippen molar-refractivity contribution in [2.75, 3.05) is 18.5 Å². The molecule has 0 bridgehead atoms. The van der Waals surface area contributed by atoms with Crippen LogP contribution in [-0.4, -0.2) is 28.4 Å². The molecule has 1 aromatic rings. The number of aliphatic hydroxyl groups is 1. The standard InChI is InChI=1S/C14H22N2O3S/c1-3-8-15-14-12(10-20-11(2)7-9-17)5-4-6-13(14)16(18)19/h4-6,11,15,17H,3,7-10H2,1-2H3. The van der Waals surface area contributed by atoms with E-state index in [1.54, 1.807) is 17.8 Å². The quantitative estimate of drug-likeness (QED) is 0.539. The van der Waals surface area contributed by atoms with E-state index in [9.17, 15) is 10.1 Å². The van der Waals surface area contributed by atoms with E-state index in [0.29, 0.717) is 23.2 Å². The lowest BCUT2D eigenvalue weighted by Crippen LogP contribution is -2.07. The van der Waals surface area contributed by atoms with E-state index < -0.39 is 0 Å². The first kappa shape index (κ1) is 16.8. The zero-order valence-corrected chi connectivity index (χ0v) is 12.8. The van der Waals surface area contributed by atoms with Crippen molar-refractivity contribution in [3.05, 3.63) is 33.9 Å². The minimum atomic E-state index is -0.344. The Morgan fingerprint density at radius 1 is 1.50 bits per heavy atom. The number of nitro groups is 1. The number of aliphatic hydroxyl groups excluding tert-OH is 1. The summed E-state index contributed by atoms with van der Waals surface area (Å²) in [6.07, 6.45) is 1.65. The van der Waals surface area contributed by atoms with Crippen LogP contribution in [0.2, 0.25) is 0 Å². The van der Waals surface area contributed by atoms with Gasteiger partial charge in [0.1, 0.15) is 5.69 Å². The van der Waals surface area contributed by atoms with Gasteiger partial charge in [-0.1, -0.05) is 26.0 Å². The zero-order chi connectivity index (χ0) is 15.0. The van der Waals surface area contributed by atoms with Crippen LogP contribution < -0.4 is 5.32 Å². The third-order valence-electron chi connectivity index (χ3n) is 2.94. The topological polar surface area (TPSA) is 75.4 Å². The minimum absolute atomic E-state index is 0.131. The van der Waals surface area contributed by atoms with Gasteiger partial charge in [0.15, 0.2) is 0 Å². The van der Waals surface area contributed by atoms with Crippen molar-refractivity contribution in [1.82, 2.24) is 0 Å². The number of hydrogen-bond acceptors (Lipinski definition) is 5. The van der Waals surface area contributed by atoms with Gasteiger partial charge in [-0.15, -0.1) is 0 Å². The van der Waals surface area contributed by atoms with Gasteiger partial charge in [-0.2, -0.15) is 11.8 Å². The number of nitrogens with one attached hydrogen (secondary N) is 1. The predicted octanol–water partition coefficient (Wildman–Crippen LogP) is 3.42. The molecule has 1 unspecified atom stereocenters. The van der Waals surface area contributed by atoms with Gasteiger partial charge in [0.05, 0.1) is 4.92 Å². The number of anilines is 1. The molecule has 6 heteroatoms. The summed E-state index contributed by atoms with van der Waals surface area (Å²) in [5, 5.41) is 23.5. The molecule has 1 aromatic carbocycles. The van der Waals surface area contributed by atoms with Gasteiger partial charge < -0.3 is 10.4 Å². The van der Waals surface area contributed by atoms with Gasteiger partial charge in [0.25, 0.3) is 5.69 Å². The lowest BCUT2D eigenvalue weighted by molar-refractivity contribution is -0.384. The second-order valence-corrected chi connectivity index (χ2v) is 6.06. The van der Waals surface area contributed by atoms with Crippen LogP contribution in [0.4, 0.5) is 11.4 Å². The van der Waals surface area contributed by atoms with Crippen molar-refractivity contribution < 1.29 is 10.0 Å². The zero-order valence-electron chi connectivity index (χ0n) is 12.0. The lowest BCUT2D eigenvalue weighted by Gasteiger charge is -2.14. The molecule has 0 aliphatic carbocycles. The fourth-order valence-corrected chi connectivity index (χ4v) is 2.79. The van der Waals surface area contributed by atoms with Crippen molar-refractivity contribution in [2.24, 2.45) is 0 Å². The summed E-state index contributed by atoms with van der Waals surface area (Å²) in [7, 11) is 0. The molecule has 2 N–H and O–H groups in total. The van der Waals surface area contributed by atoms with Gasteiger partial charge in [0.2, 0.25) is 0 Å². The highest BCUT2D eigenvalue weighted by Crippen LogP contribution is 2.32. The van der Waals surface area contributed by atoms with Crippen molar-refractivity contribution in [1.29, 1.82) is 0 Å². The molecule has 0 heterocycles. The van der Waals surface area contributed by atoms with Crippen LogP contribution >= 0.6 is 11.8 Å². The Kier molecular flexibility index (Phi) is 7.40. The van der Waals surface area contributed by atoms with Gasteiger partial charge in [-0.25, -0.2) is 0 Å². The smallest absolute Gasteiger partial charge is 0.292 e. The van der Waals surface area contributed by atoms with Crippen molar-refractivity contribution in [3.8, 4) is 0 Å². The molecule has 5 nitrogen and oxygen atoms in total. The molecule has 0 aliphatic heterocycles. The Labute approximate surface area is 123 Å². The number of thioether (sulfide) groups is 1. The molecule has 0 radical (unpaired) electrons. The molecule has 1 rings (SSSR count). The Bertz CT molecular complexity index is 440. The van der Waals surface area contributed by atoms with E-state index in [-0.39, 0.29) is 17.2 Å². The molecule has 0 aliphatic rings. The number of nitrogens with zero attached hydrogens (tertiary/aromatic N) is 1. The van der Waals surface area contributed by atoms with Gasteiger partial charge in [-0.05, 0) is 18.4 Å². The second kappa shape index (κ2) is 8.81. The van der Waals surface area contributed by atoms with E-state index >= 15 is 0 Å². The number of benzene rings is 1. The summed E-state index contributed by atoms with van der Waals surface area (Å²) in [4.78, 5) is 10.8. The number of rotatable bonds is 9. The fraction of sp³-hybridized carbons (Fsp3) is 0.571. The van der Waals surface area contributed by atoms with E-state index in [1.165, 1.54) is 6.07 Å². The molecule has 0 amide bonds. The number of nitro benzene ring substituents is 1. The van der Waals surface area contributed by atoms with Crippen molar-refractivity contribution in [3.63, 3.8) is 0 Å². The first-order chi connectivity index (χ1) is 9.60. The van der Waals surface area contributed by atoms with E-state index in [1.807, 2.05) is 13.0 Å². The SMILES string of the molecule is CCCNc1c(CSC(C)CCO)cccc1[N+](=O)[O-]. The Balaban J connectivity index is 2.87. The molecule has 20 heavy (non-hydrogen) atoms. The third kappa shape index (κ3) is 5.02. The molecule has 0 spiro atoms.